The van der Waals surface area contributed by atoms with Crippen LogP contribution in [0.15, 0.2) is 18.3 Å². The van der Waals surface area contributed by atoms with E-state index in [1.165, 1.54) is 12.3 Å². The fraction of sp³-hybridized carbons (Fsp3) is 0.300. The van der Waals surface area contributed by atoms with Crippen LogP contribution < -0.4 is 0 Å². The summed E-state index contributed by atoms with van der Waals surface area (Å²) in [5, 5.41) is 0.104. The Hall–Kier alpha value is -1.42. The summed E-state index contributed by atoms with van der Waals surface area (Å²) in [6.45, 7) is 1.94. The fourth-order valence-corrected chi connectivity index (χ4v) is 1.26. The van der Waals surface area contributed by atoms with Gasteiger partial charge in [0.15, 0.2) is 5.78 Å². The second kappa shape index (κ2) is 5.46. The third-order valence-electron chi connectivity index (χ3n) is 1.67. The minimum Gasteiger partial charge on any atom is -0.466 e. The smallest absolute Gasteiger partial charge is 0.313 e. The molecule has 1 heterocycles. The number of nitrogens with zero attached hydrogens (tertiary/aromatic N) is 1. The molecule has 0 unspecified atom stereocenters. The molecule has 0 N–H and O–H groups in total. The molecule has 0 aromatic carbocycles. The van der Waals surface area contributed by atoms with E-state index in [9.17, 15) is 9.59 Å². The van der Waals surface area contributed by atoms with Crippen LogP contribution in [-0.2, 0) is 9.53 Å². The molecule has 5 heteroatoms. The second-order valence-electron chi connectivity index (χ2n) is 2.75. The Morgan fingerprint density at radius 3 is 2.87 bits per heavy atom. The Bertz CT molecular complexity index is 379. The summed E-state index contributed by atoms with van der Waals surface area (Å²) in [6.07, 6.45) is 1.17. The number of ketones is 1. The Morgan fingerprint density at radius 2 is 2.27 bits per heavy atom. The van der Waals surface area contributed by atoms with Gasteiger partial charge in [-0.2, -0.15) is 0 Å². The van der Waals surface area contributed by atoms with E-state index in [0.29, 0.717) is 0 Å². The zero-order chi connectivity index (χ0) is 11.3. The molecule has 0 aliphatic heterocycles. The van der Waals surface area contributed by atoms with Crippen molar-refractivity contribution in [3.63, 3.8) is 0 Å². The molecule has 0 aliphatic carbocycles. The van der Waals surface area contributed by atoms with Crippen LogP contribution in [0.1, 0.15) is 23.7 Å². The monoisotopic (exact) mass is 227 g/mol. The minimum atomic E-state index is -0.553. The normalized spacial score (nSPS) is 9.73. The lowest BCUT2D eigenvalue weighted by molar-refractivity contribution is -0.141. The highest BCUT2D eigenvalue weighted by Crippen LogP contribution is 2.13. The molecule has 0 fully saturated rings. The average Bonchev–Trinajstić information content (AvgIpc) is 2.18. The van der Waals surface area contributed by atoms with Crippen LogP contribution in [0.2, 0.25) is 5.15 Å². The van der Waals surface area contributed by atoms with E-state index in [4.69, 9.17) is 11.6 Å². The number of carbonyl (C=O) groups is 2. The predicted molar refractivity (Wildman–Crippen MR) is 54.8 cm³/mol. The SMILES string of the molecule is CCOC(=O)CC(=O)c1cccnc1Cl. The van der Waals surface area contributed by atoms with Crippen LogP contribution in [0.3, 0.4) is 0 Å². The van der Waals surface area contributed by atoms with Crippen molar-refractivity contribution in [2.75, 3.05) is 6.61 Å². The molecule has 0 saturated heterocycles. The van der Waals surface area contributed by atoms with Crippen molar-refractivity contribution in [3.05, 3.63) is 29.0 Å². The van der Waals surface area contributed by atoms with Crippen molar-refractivity contribution in [2.24, 2.45) is 0 Å². The lowest BCUT2D eigenvalue weighted by atomic mass is 10.1. The summed E-state index contributed by atoms with van der Waals surface area (Å²) < 4.78 is 4.65. The number of carbonyl (C=O) groups excluding carboxylic acids is 2. The summed E-state index contributed by atoms with van der Waals surface area (Å²) in [5.41, 5.74) is 0.243. The summed E-state index contributed by atoms with van der Waals surface area (Å²) in [6, 6.07) is 3.11. The van der Waals surface area contributed by atoms with E-state index in [1.807, 2.05) is 0 Å². The van der Waals surface area contributed by atoms with Gasteiger partial charge in [0.05, 0.1) is 12.2 Å². The molecule has 0 aliphatic rings. The quantitative estimate of drug-likeness (QED) is 0.341. The number of hydrogen-bond donors (Lipinski definition) is 0. The van der Waals surface area contributed by atoms with Gasteiger partial charge >= 0.3 is 5.97 Å². The van der Waals surface area contributed by atoms with E-state index < -0.39 is 5.97 Å². The standard InChI is InChI=1S/C10H10ClNO3/c1-2-15-9(14)6-8(13)7-4-3-5-12-10(7)11/h3-5H,2,6H2,1H3. The van der Waals surface area contributed by atoms with Gasteiger partial charge in [0.1, 0.15) is 11.6 Å². The first-order valence-corrected chi connectivity index (χ1v) is 4.82. The highest BCUT2D eigenvalue weighted by molar-refractivity contribution is 6.33. The first-order chi connectivity index (χ1) is 7.15. The number of esters is 1. The predicted octanol–water partition coefficient (Wildman–Crippen LogP) is 1.87. The zero-order valence-corrected chi connectivity index (χ0v) is 8.95. The van der Waals surface area contributed by atoms with E-state index in [2.05, 4.69) is 9.72 Å². The zero-order valence-electron chi connectivity index (χ0n) is 8.20. The van der Waals surface area contributed by atoms with Gasteiger partial charge in [-0.1, -0.05) is 11.6 Å². The summed E-state index contributed by atoms with van der Waals surface area (Å²) in [4.78, 5) is 26.3. The van der Waals surface area contributed by atoms with Gasteiger partial charge in [-0.25, -0.2) is 4.98 Å². The molecule has 0 saturated carbocycles. The molecule has 1 rings (SSSR count). The number of pyridine rings is 1. The Kier molecular flexibility index (Phi) is 4.24. The van der Waals surface area contributed by atoms with Crippen LogP contribution >= 0.6 is 11.6 Å². The van der Waals surface area contributed by atoms with Crippen molar-refractivity contribution in [1.29, 1.82) is 0 Å². The molecule has 1 aromatic rings. The maximum Gasteiger partial charge on any atom is 0.313 e. The largest absolute Gasteiger partial charge is 0.466 e. The van der Waals surface area contributed by atoms with Gasteiger partial charge in [0.2, 0.25) is 0 Å². The number of ether oxygens (including phenoxy) is 1. The fourth-order valence-electron chi connectivity index (χ4n) is 1.03. The Balaban J connectivity index is 2.70. The van der Waals surface area contributed by atoms with Gasteiger partial charge in [0.25, 0.3) is 0 Å². The van der Waals surface area contributed by atoms with E-state index >= 15 is 0 Å². The van der Waals surface area contributed by atoms with Crippen LogP contribution in [0, 0.1) is 0 Å². The number of hydrogen-bond acceptors (Lipinski definition) is 4. The van der Waals surface area contributed by atoms with Crippen molar-refractivity contribution >= 4 is 23.4 Å². The number of rotatable bonds is 4. The Morgan fingerprint density at radius 1 is 1.53 bits per heavy atom. The third kappa shape index (κ3) is 3.32. The van der Waals surface area contributed by atoms with Crippen LogP contribution in [0.4, 0.5) is 0 Å². The molecule has 0 bridgehead atoms. The van der Waals surface area contributed by atoms with Gasteiger partial charge in [0, 0.05) is 6.20 Å². The minimum absolute atomic E-state index is 0.104. The van der Waals surface area contributed by atoms with Crippen LogP contribution in [0.25, 0.3) is 0 Å². The highest BCUT2D eigenvalue weighted by atomic mass is 35.5. The van der Waals surface area contributed by atoms with Crippen LogP contribution in [-0.4, -0.2) is 23.3 Å². The lowest BCUT2D eigenvalue weighted by Crippen LogP contribution is -2.11. The van der Waals surface area contributed by atoms with Crippen LogP contribution in [0.5, 0.6) is 0 Å². The second-order valence-corrected chi connectivity index (χ2v) is 3.10. The summed E-state index contributed by atoms with van der Waals surface area (Å²) >= 11 is 5.70. The van der Waals surface area contributed by atoms with Crippen molar-refractivity contribution in [3.8, 4) is 0 Å². The van der Waals surface area contributed by atoms with E-state index in [0.717, 1.165) is 0 Å². The summed E-state index contributed by atoms with van der Waals surface area (Å²) in [7, 11) is 0. The average molecular weight is 228 g/mol. The molecule has 15 heavy (non-hydrogen) atoms. The maximum absolute atomic E-state index is 11.5. The Labute approximate surface area is 92.2 Å². The highest BCUT2D eigenvalue weighted by Gasteiger charge is 2.15. The molecule has 0 amide bonds. The van der Waals surface area contributed by atoms with E-state index in [1.54, 1.807) is 13.0 Å². The van der Waals surface area contributed by atoms with Gasteiger partial charge < -0.3 is 4.74 Å². The van der Waals surface area contributed by atoms with Crippen molar-refractivity contribution < 1.29 is 14.3 Å². The first-order valence-electron chi connectivity index (χ1n) is 4.44. The van der Waals surface area contributed by atoms with Gasteiger partial charge in [-0.15, -0.1) is 0 Å². The number of aromatic nitrogens is 1. The maximum atomic E-state index is 11.5. The molecular formula is C10H10ClNO3. The molecule has 80 valence electrons. The first kappa shape index (κ1) is 11.7. The molecule has 0 spiro atoms. The topological polar surface area (TPSA) is 56.3 Å². The van der Waals surface area contributed by atoms with Gasteiger partial charge in [-0.3, -0.25) is 9.59 Å². The molecule has 1 aromatic heterocycles. The number of Topliss-reactive ketones (excluding diaryl/α,β-unsaturated/α-hetero) is 1. The molecule has 4 nitrogen and oxygen atoms in total. The van der Waals surface area contributed by atoms with E-state index in [-0.39, 0.29) is 29.5 Å². The summed E-state index contributed by atoms with van der Waals surface area (Å²) in [5.74, 6) is -0.936. The number of halogens is 1. The van der Waals surface area contributed by atoms with Gasteiger partial charge in [-0.05, 0) is 19.1 Å². The molecule has 0 radical (unpaired) electrons. The molecular weight excluding hydrogens is 218 g/mol. The third-order valence-corrected chi connectivity index (χ3v) is 1.97. The lowest BCUT2D eigenvalue weighted by Gasteiger charge is -2.02. The molecule has 0 atom stereocenters. The van der Waals surface area contributed by atoms with Crippen molar-refractivity contribution in [1.82, 2.24) is 4.98 Å². The van der Waals surface area contributed by atoms with Crippen molar-refractivity contribution in [2.45, 2.75) is 13.3 Å².